The topological polar surface area (TPSA) is 88.5 Å². The van der Waals surface area contributed by atoms with Crippen molar-refractivity contribution in [3.8, 4) is 5.75 Å². The predicted octanol–water partition coefficient (Wildman–Crippen LogP) is 3.50. The number of para-hydroxylation sites is 2. The molecule has 0 radical (unpaired) electrons. The lowest BCUT2D eigenvalue weighted by Gasteiger charge is -2.22. The Morgan fingerprint density at radius 1 is 0.943 bits per heavy atom. The summed E-state index contributed by atoms with van der Waals surface area (Å²) < 4.78 is 7.22. The number of rotatable bonds is 7. The van der Waals surface area contributed by atoms with E-state index in [2.05, 4.69) is 15.6 Å². The molecule has 2 N–H and O–H groups in total. The SMILES string of the molecule is COc1ccc(CNC(=O)C(Cc2ccccc2)NC(=O)N2CCn3c2nc2ccccc23)cc1. The fourth-order valence-electron chi connectivity index (χ4n) is 4.32. The monoisotopic (exact) mass is 469 g/mol. The number of imidazole rings is 1. The third kappa shape index (κ3) is 4.82. The molecular weight excluding hydrogens is 442 g/mol. The maximum absolute atomic E-state index is 13.3. The molecule has 0 spiro atoms. The van der Waals surface area contributed by atoms with E-state index < -0.39 is 6.04 Å². The molecule has 1 atom stereocenters. The van der Waals surface area contributed by atoms with Crippen molar-refractivity contribution in [3.05, 3.63) is 90.0 Å². The van der Waals surface area contributed by atoms with Crippen LogP contribution in [0.4, 0.5) is 10.7 Å². The van der Waals surface area contributed by atoms with Crippen LogP contribution in [-0.2, 0) is 24.3 Å². The first-order chi connectivity index (χ1) is 17.1. The van der Waals surface area contributed by atoms with Crippen LogP contribution in [0.2, 0.25) is 0 Å². The number of hydrogen-bond acceptors (Lipinski definition) is 4. The van der Waals surface area contributed by atoms with Gasteiger partial charge in [0.1, 0.15) is 11.8 Å². The van der Waals surface area contributed by atoms with E-state index in [0.717, 1.165) is 27.9 Å². The lowest BCUT2D eigenvalue weighted by atomic mass is 10.1. The van der Waals surface area contributed by atoms with Gasteiger partial charge in [-0.05, 0) is 35.4 Å². The molecule has 3 amide bonds. The van der Waals surface area contributed by atoms with Gasteiger partial charge in [-0.15, -0.1) is 0 Å². The summed E-state index contributed by atoms with van der Waals surface area (Å²) in [5, 5.41) is 5.91. The number of ether oxygens (including phenoxy) is 1. The number of nitrogens with zero attached hydrogens (tertiary/aromatic N) is 3. The van der Waals surface area contributed by atoms with Gasteiger partial charge in [0, 0.05) is 26.1 Å². The zero-order valence-electron chi connectivity index (χ0n) is 19.5. The minimum atomic E-state index is -0.735. The lowest BCUT2D eigenvalue weighted by Crippen LogP contribution is -2.52. The Balaban J connectivity index is 1.31. The highest BCUT2D eigenvalue weighted by atomic mass is 16.5. The summed E-state index contributed by atoms with van der Waals surface area (Å²) in [4.78, 5) is 32.7. The number of urea groups is 1. The largest absolute Gasteiger partial charge is 0.497 e. The van der Waals surface area contributed by atoms with E-state index in [-0.39, 0.29) is 11.9 Å². The highest BCUT2D eigenvalue weighted by Crippen LogP contribution is 2.27. The molecular formula is C27H27N5O3. The van der Waals surface area contributed by atoms with Crippen LogP contribution in [0.25, 0.3) is 11.0 Å². The average molecular weight is 470 g/mol. The zero-order valence-corrected chi connectivity index (χ0v) is 19.5. The maximum atomic E-state index is 13.3. The number of nitrogens with one attached hydrogen (secondary N) is 2. The molecule has 8 heteroatoms. The van der Waals surface area contributed by atoms with Crippen molar-refractivity contribution in [3.63, 3.8) is 0 Å². The quantitative estimate of drug-likeness (QED) is 0.434. The van der Waals surface area contributed by atoms with Crippen LogP contribution in [0.3, 0.4) is 0 Å². The van der Waals surface area contributed by atoms with Gasteiger partial charge >= 0.3 is 6.03 Å². The van der Waals surface area contributed by atoms with Crippen LogP contribution in [0.15, 0.2) is 78.9 Å². The van der Waals surface area contributed by atoms with E-state index in [1.54, 1.807) is 12.0 Å². The molecule has 0 saturated heterocycles. The van der Waals surface area contributed by atoms with Gasteiger partial charge in [-0.2, -0.15) is 0 Å². The number of carbonyl (C=O) groups excluding carboxylic acids is 2. The molecule has 35 heavy (non-hydrogen) atoms. The standard InChI is InChI=1S/C27H27N5O3/c1-35-21-13-11-20(12-14-21)18-28-25(33)23(17-19-7-3-2-4-8-19)30-27(34)32-16-15-31-24-10-6-5-9-22(24)29-26(31)32/h2-14,23H,15-18H2,1H3,(H,28,33)(H,30,34). The van der Waals surface area contributed by atoms with E-state index in [1.165, 1.54) is 0 Å². The second kappa shape index (κ2) is 9.89. The number of hydrogen-bond donors (Lipinski definition) is 2. The van der Waals surface area contributed by atoms with Crippen molar-refractivity contribution in [2.24, 2.45) is 0 Å². The van der Waals surface area contributed by atoms with Crippen molar-refractivity contribution in [1.82, 2.24) is 20.2 Å². The number of benzene rings is 3. The minimum absolute atomic E-state index is 0.245. The van der Waals surface area contributed by atoms with E-state index >= 15 is 0 Å². The van der Waals surface area contributed by atoms with Crippen LogP contribution in [0.5, 0.6) is 5.75 Å². The summed E-state index contributed by atoms with van der Waals surface area (Å²) in [5.74, 6) is 1.11. The van der Waals surface area contributed by atoms with E-state index in [9.17, 15) is 9.59 Å². The minimum Gasteiger partial charge on any atom is -0.497 e. The number of methoxy groups -OCH3 is 1. The molecule has 8 nitrogen and oxygen atoms in total. The first-order valence-corrected chi connectivity index (χ1v) is 11.6. The third-order valence-corrected chi connectivity index (χ3v) is 6.19. The Morgan fingerprint density at radius 3 is 2.46 bits per heavy atom. The molecule has 0 bridgehead atoms. The van der Waals surface area contributed by atoms with Crippen LogP contribution in [0, 0.1) is 0 Å². The first kappa shape index (κ1) is 22.5. The van der Waals surface area contributed by atoms with Gasteiger partial charge < -0.3 is 19.9 Å². The normalized spacial score (nSPS) is 13.3. The van der Waals surface area contributed by atoms with Gasteiger partial charge in [0.05, 0.1) is 18.1 Å². The number of anilines is 1. The van der Waals surface area contributed by atoms with Crippen molar-refractivity contribution in [1.29, 1.82) is 0 Å². The molecule has 5 rings (SSSR count). The van der Waals surface area contributed by atoms with Gasteiger partial charge in [-0.3, -0.25) is 9.69 Å². The summed E-state index contributed by atoms with van der Waals surface area (Å²) in [6.45, 7) is 1.52. The van der Waals surface area contributed by atoms with Crippen molar-refractivity contribution in [2.45, 2.75) is 25.6 Å². The fraction of sp³-hybridized carbons (Fsp3) is 0.222. The predicted molar refractivity (Wildman–Crippen MR) is 134 cm³/mol. The Kier molecular flexibility index (Phi) is 6.34. The molecule has 178 valence electrons. The van der Waals surface area contributed by atoms with E-state index in [0.29, 0.717) is 32.0 Å². The van der Waals surface area contributed by atoms with E-state index in [1.807, 2.05) is 83.4 Å². The van der Waals surface area contributed by atoms with Crippen LogP contribution < -0.4 is 20.3 Å². The first-order valence-electron chi connectivity index (χ1n) is 11.6. The van der Waals surface area contributed by atoms with Gasteiger partial charge in [0.25, 0.3) is 0 Å². The van der Waals surface area contributed by atoms with E-state index in [4.69, 9.17) is 4.74 Å². The number of aromatic nitrogens is 2. The summed E-state index contributed by atoms with van der Waals surface area (Å²) in [5.41, 5.74) is 3.75. The number of fused-ring (bicyclic) bond motifs is 3. The highest BCUT2D eigenvalue weighted by molar-refractivity contribution is 5.96. The average Bonchev–Trinajstić information content (AvgIpc) is 3.47. The molecule has 0 saturated carbocycles. The van der Waals surface area contributed by atoms with Gasteiger partial charge in [0.2, 0.25) is 11.9 Å². The molecule has 3 aromatic carbocycles. The summed E-state index contributed by atoms with van der Waals surface area (Å²) in [6, 6.07) is 23.9. The highest BCUT2D eigenvalue weighted by Gasteiger charge is 2.31. The van der Waals surface area contributed by atoms with Crippen LogP contribution in [-0.4, -0.2) is 41.2 Å². The third-order valence-electron chi connectivity index (χ3n) is 6.19. The molecule has 0 fully saturated rings. The Hall–Kier alpha value is -4.33. The van der Waals surface area contributed by atoms with Gasteiger partial charge in [0.15, 0.2) is 0 Å². The summed E-state index contributed by atoms with van der Waals surface area (Å²) in [7, 11) is 1.61. The smallest absolute Gasteiger partial charge is 0.324 e. The molecule has 4 aromatic rings. The molecule has 1 aliphatic rings. The molecule has 0 aliphatic carbocycles. The summed E-state index contributed by atoms with van der Waals surface area (Å²) in [6.07, 6.45) is 0.380. The van der Waals surface area contributed by atoms with Crippen LogP contribution in [0.1, 0.15) is 11.1 Å². The molecule has 1 unspecified atom stereocenters. The molecule has 1 aromatic heterocycles. The maximum Gasteiger partial charge on any atom is 0.324 e. The van der Waals surface area contributed by atoms with Crippen molar-refractivity contribution < 1.29 is 14.3 Å². The molecule has 2 heterocycles. The second-order valence-corrected chi connectivity index (χ2v) is 8.46. The second-order valence-electron chi connectivity index (χ2n) is 8.46. The lowest BCUT2D eigenvalue weighted by molar-refractivity contribution is -0.123. The Bertz CT molecular complexity index is 1330. The summed E-state index contributed by atoms with van der Waals surface area (Å²) >= 11 is 0. The fourth-order valence-corrected chi connectivity index (χ4v) is 4.32. The number of carbonyl (C=O) groups is 2. The van der Waals surface area contributed by atoms with Crippen molar-refractivity contribution in [2.75, 3.05) is 18.6 Å². The molecule has 1 aliphatic heterocycles. The van der Waals surface area contributed by atoms with Gasteiger partial charge in [-0.25, -0.2) is 9.78 Å². The number of amides is 3. The van der Waals surface area contributed by atoms with Crippen molar-refractivity contribution >= 4 is 28.9 Å². The Labute approximate surface area is 203 Å². The van der Waals surface area contributed by atoms with Gasteiger partial charge in [-0.1, -0.05) is 54.6 Å². The zero-order chi connectivity index (χ0) is 24.2. The van der Waals surface area contributed by atoms with Crippen LogP contribution >= 0.6 is 0 Å². The Morgan fingerprint density at radius 2 is 1.69 bits per heavy atom.